The van der Waals surface area contributed by atoms with Gasteiger partial charge in [-0.3, -0.25) is 4.79 Å². The first kappa shape index (κ1) is 21.2. The maximum absolute atomic E-state index is 12.7. The van der Waals surface area contributed by atoms with E-state index in [1.807, 2.05) is 66.7 Å². The predicted octanol–water partition coefficient (Wildman–Crippen LogP) is 4.21. The number of para-hydroxylation sites is 1. The van der Waals surface area contributed by atoms with Crippen LogP contribution in [0.2, 0.25) is 0 Å². The Morgan fingerprint density at radius 1 is 0.969 bits per heavy atom. The van der Waals surface area contributed by atoms with Gasteiger partial charge in [-0.15, -0.1) is 0 Å². The monoisotopic (exact) mass is 431 g/mol. The Bertz CT molecular complexity index is 1100. The number of nitrogens with one attached hydrogen (secondary N) is 3. The molecular weight excluding hydrogens is 406 g/mol. The summed E-state index contributed by atoms with van der Waals surface area (Å²) < 4.78 is 11.0. The minimum absolute atomic E-state index is 0.0707. The second kappa shape index (κ2) is 9.87. The standard InChI is InChI=1S/C25H25N3O4/c1-31-22-9-5-6-17(12-22)15-26-24(29)19-13-18-14-21(10-11-23(18)32-16-19)28-25(30)27-20-7-3-2-4-8-20/h2-12,14,19H,13,15-16H2,1H3,(H,26,29)(H2,27,28,30)/t19-/m1/s1. The molecule has 0 unspecified atom stereocenters. The molecule has 0 aromatic heterocycles. The van der Waals surface area contributed by atoms with Gasteiger partial charge in [0.1, 0.15) is 18.1 Å². The van der Waals surface area contributed by atoms with Gasteiger partial charge in [-0.25, -0.2) is 4.79 Å². The van der Waals surface area contributed by atoms with E-state index in [4.69, 9.17) is 9.47 Å². The number of urea groups is 1. The van der Waals surface area contributed by atoms with Gasteiger partial charge in [0, 0.05) is 17.9 Å². The van der Waals surface area contributed by atoms with Crippen LogP contribution in [0.5, 0.6) is 11.5 Å². The van der Waals surface area contributed by atoms with Gasteiger partial charge >= 0.3 is 6.03 Å². The molecule has 7 nitrogen and oxygen atoms in total. The molecule has 1 aliphatic rings. The van der Waals surface area contributed by atoms with Gasteiger partial charge in [0.2, 0.25) is 5.91 Å². The first-order chi connectivity index (χ1) is 15.6. The average Bonchev–Trinajstić information content (AvgIpc) is 2.82. The summed E-state index contributed by atoms with van der Waals surface area (Å²) in [7, 11) is 1.61. The zero-order valence-electron chi connectivity index (χ0n) is 17.8. The summed E-state index contributed by atoms with van der Waals surface area (Å²) in [4.78, 5) is 25.0. The van der Waals surface area contributed by atoms with E-state index in [0.717, 1.165) is 22.6 Å². The highest BCUT2D eigenvalue weighted by atomic mass is 16.5. The highest BCUT2D eigenvalue weighted by Crippen LogP contribution is 2.30. The fourth-order valence-corrected chi connectivity index (χ4v) is 3.57. The van der Waals surface area contributed by atoms with Crippen LogP contribution in [0.4, 0.5) is 16.2 Å². The van der Waals surface area contributed by atoms with E-state index < -0.39 is 0 Å². The Hall–Kier alpha value is -4.00. The van der Waals surface area contributed by atoms with Gasteiger partial charge in [0.15, 0.2) is 0 Å². The zero-order chi connectivity index (χ0) is 22.3. The largest absolute Gasteiger partial charge is 0.497 e. The van der Waals surface area contributed by atoms with Crippen molar-refractivity contribution in [3.05, 3.63) is 83.9 Å². The Balaban J connectivity index is 1.35. The molecule has 1 aliphatic heterocycles. The molecule has 0 bridgehead atoms. The Morgan fingerprint density at radius 2 is 1.78 bits per heavy atom. The van der Waals surface area contributed by atoms with Crippen LogP contribution in [0.25, 0.3) is 0 Å². The molecular formula is C25H25N3O4. The number of rotatable bonds is 6. The number of ether oxygens (including phenoxy) is 2. The number of amides is 3. The van der Waals surface area contributed by atoms with Crippen LogP contribution in [0, 0.1) is 5.92 Å². The van der Waals surface area contributed by atoms with Crippen LogP contribution in [-0.2, 0) is 17.8 Å². The van der Waals surface area contributed by atoms with Crippen molar-refractivity contribution in [3.63, 3.8) is 0 Å². The number of fused-ring (bicyclic) bond motifs is 1. The van der Waals surface area contributed by atoms with Crippen molar-refractivity contribution in [2.75, 3.05) is 24.4 Å². The van der Waals surface area contributed by atoms with Gasteiger partial charge in [-0.2, -0.15) is 0 Å². The number of carbonyl (C=O) groups is 2. The summed E-state index contributed by atoms with van der Waals surface area (Å²) in [6.45, 7) is 0.735. The summed E-state index contributed by atoms with van der Waals surface area (Å²) in [5, 5.41) is 8.58. The van der Waals surface area contributed by atoms with E-state index in [2.05, 4.69) is 16.0 Å². The van der Waals surface area contributed by atoms with Gasteiger partial charge in [-0.05, 0) is 60.0 Å². The van der Waals surface area contributed by atoms with Crippen LogP contribution in [0.15, 0.2) is 72.8 Å². The second-order valence-corrected chi connectivity index (χ2v) is 7.55. The van der Waals surface area contributed by atoms with Crippen molar-refractivity contribution in [1.82, 2.24) is 5.32 Å². The molecule has 3 aromatic carbocycles. The SMILES string of the molecule is COc1cccc(CNC(=O)[C@H]2COc3ccc(NC(=O)Nc4ccccc4)cc3C2)c1. The second-order valence-electron chi connectivity index (χ2n) is 7.55. The molecule has 3 amide bonds. The molecule has 1 heterocycles. The number of anilines is 2. The minimum Gasteiger partial charge on any atom is -0.497 e. The lowest BCUT2D eigenvalue weighted by Crippen LogP contribution is -2.37. The quantitative estimate of drug-likeness (QED) is 0.546. The Kier molecular flexibility index (Phi) is 6.55. The van der Waals surface area contributed by atoms with Gasteiger partial charge in [0.05, 0.1) is 13.0 Å². The molecule has 3 aromatic rings. The van der Waals surface area contributed by atoms with E-state index in [1.165, 1.54) is 0 Å². The van der Waals surface area contributed by atoms with Crippen molar-refractivity contribution in [1.29, 1.82) is 0 Å². The number of benzene rings is 3. The van der Waals surface area contributed by atoms with Gasteiger partial charge in [-0.1, -0.05) is 30.3 Å². The third kappa shape index (κ3) is 5.37. The smallest absolute Gasteiger partial charge is 0.323 e. The lowest BCUT2D eigenvalue weighted by molar-refractivity contribution is -0.126. The Labute approximate surface area is 186 Å². The van der Waals surface area contributed by atoms with E-state index >= 15 is 0 Å². The maximum Gasteiger partial charge on any atom is 0.323 e. The van der Waals surface area contributed by atoms with Crippen molar-refractivity contribution in [2.45, 2.75) is 13.0 Å². The number of carbonyl (C=O) groups excluding carboxylic acids is 2. The Morgan fingerprint density at radius 3 is 2.59 bits per heavy atom. The van der Waals surface area contributed by atoms with E-state index in [-0.39, 0.29) is 17.9 Å². The molecule has 0 spiro atoms. The summed E-state index contributed by atoms with van der Waals surface area (Å²) >= 11 is 0. The van der Waals surface area contributed by atoms with Crippen molar-refractivity contribution in [3.8, 4) is 11.5 Å². The summed E-state index contributed by atoms with van der Waals surface area (Å²) in [6, 6.07) is 21.9. The molecule has 0 aliphatic carbocycles. The third-order valence-electron chi connectivity index (χ3n) is 5.23. The number of methoxy groups -OCH3 is 1. The first-order valence-electron chi connectivity index (χ1n) is 10.4. The topological polar surface area (TPSA) is 88.7 Å². The third-order valence-corrected chi connectivity index (χ3v) is 5.23. The molecule has 0 radical (unpaired) electrons. The van der Waals surface area contributed by atoms with Crippen LogP contribution >= 0.6 is 0 Å². The fraction of sp³-hybridized carbons (Fsp3) is 0.200. The number of hydrogen-bond donors (Lipinski definition) is 3. The van der Waals surface area contributed by atoms with Crippen molar-refractivity contribution in [2.24, 2.45) is 5.92 Å². The molecule has 1 atom stereocenters. The molecule has 32 heavy (non-hydrogen) atoms. The molecule has 164 valence electrons. The van der Waals surface area contributed by atoms with Crippen LogP contribution in [0.1, 0.15) is 11.1 Å². The summed E-state index contributed by atoms with van der Waals surface area (Å²) in [5.41, 5.74) is 3.19. The lowest BCUT2D eigenvalue weighted by atomic mass is 9.95. The molecule has 0 saturated carbocycles. The normalized spacial score (nSPS) is 14.5. The van der Waals surface area contributed by atoms with Crippen molar-refractivity contribution >= 4 is 23.3 Å². The highest BCUT2D eigenvalue weighted by molar-refractivity contribution is 5.99. The summed E-state index contributed by atoms with van der Waals surface area (Å²) in [5.74, 6) is 1.11. The predicted molar refractivity (Wildman–Crippen MR) is 123 cm³/mol. The van der Waals surface area contributed by atoms with Crippen LogP contribution in [0.3, 0.4) is 0 Å². The van der Waals surface area contributed by atoms with Crippen LogP contribution in [-0.4, -0.2) is 25.7 Å². The molecule has 0 fully saturated rings. The minimum atomic E-state index is -0.333. The molecule has 7 heteroatoms. The van der Waals surface area contributed by atoms with E-state index in [0.29, 0.717) is 30.9 Å². The fourth-order valence-electron chi connectivity index (χ4n) is 3.57. The van der Waals surface area contributed by atoms with E-state index in [9.17, 15) is 9.59 Å². The van der Waals surface area contributed by atoms with E-state index in [1.54, 1.807) is 13.2 Å². The number of hydrogen-bond acceptors (Lipinski definition) is 4. The van der Waals surface area contributed by atoms with Gasteiger partial charge < -0.3 is 25.4 Å². The zero-order valence-corrected chi connectivity index (χ0v) is 17.8. The summed E-state index contributed by atoms with van der Waals surface area (Å²) in [6.07, 6.45) is 0.537. The highest BCUT2D eigenvalue weighted by Gasteiger charge is 2.26. The first-order valence-corrected chi connectivity index (χ1v) is 10.4. The molecule has 4 rings (SSSR count). The molecule has 3 N–H and O–H groups in total. The van der Waals surface area contributed by atoms with Crippen LogP contribution < -0.4 is 25.4 Å². The lowest BCUT2D eigenvalue weighted by Gasteiger charge is -2.25. The maximum atomic E-state index is 12.7. The molecule has 0 saturated heterocycles. The van der Waals surface area contributed by atoms with Gasteiger partial charge in [0.25, 0.3) is 0 Å². The van der Waals surface area contributed by atoms with Crippen molar-refractivity contribution < 1.29 is 19.1 Å². The average molecular weight is 431 g/mol.